The normalized spacial score (nSPS) is 18.2. The van der Waals surface area contributed by atoms with Crippen molar-refractivity contribution in [3.05, 3.63) is 45.8 Å². The van der Waals surface area contributed by atoms with E-state index in [1.165, 1.54) is 39.9 Å². The van der Waals surface area contributed by atoms with Crippen LogP contribution in [-0.4, -0.2) is 79.8 Å². The number of anilines is 1. The Labute approximate surface area is 239 Å². The van der Waals surface area contributed by atoms with E-state index in [-0.39, 0.29) is 17.4 Å². The molecule has 0 atom stereocenters. The van der Waals surface area contributed by atoms with Gasteiger partial charge in [-0.2, -0.15) is 4.31 Å². The second-order valence-corrected chi connectivity index (χ2v) is 13.4. The smallest absolute Gasteiger partial charge is 0.410 e. The highest BCUT2D eigenvalue weighted by Gasteiger charge is 2.33. The SMILES string of the molecule is CCOC(=O)N1CCc2c(sc(NC(=O)c3ccc(S(=O)(=O)N4CCCCCC4)cc3)c2C(=O)N2CCCC2)C1. The predicted octanol–water partition coefficient (Wildman–Crippen LogP) is 4.32. The van der Waals surface area contributed by atoms with Crippen molar-refractivity contribution < 1.29 is 27.5 Å². The van der Waals surface area contributed by atoms with Gasteiger partial charge in [0.25, 0.3) is 11.8 Å². The quantitative estimate of drug-likeness (QED) is 0.538. The van der Waals surface area contributed by atoms with Crippen LogP contribution in [0.4, 0.5) is 9.80 Å². The van der Waals surface area contributed by atoms with Crippen LogP contribution in [0.5, 0.6) is 0 Å². The lowest BCUT2D eigenvalue weighted by molar-refractivity contribution is 0.0792. The molecule has 4 heterocycles. The Morgan fingerprint density at radius 2 is 1.55 bits per heavy atom. The zero-order valence-electron chi connectivity index (χ0n) is 22.8. The predicted molar refractivity (Wildman–Crippen MR) is 152 cm³/mol. The van der Waals surface area contributed by atoms with Gasteiger partial charge in [0.15, 0.2) is 0 Å². The van der Waals surface area contributed by atoms with Crippen molar-refractivity contribution in [2.24, 2.45) is 0 Å². The van der Waals surface area contributed by atoms with Crippen LogP contribution in [0.25, 0.3) is 0 Å². The maximum Gasteiger partial charge on any atom is 0.410 e. The van der Waals surface area contributed by atoms with E-state index < -0.39 is 22.0 Å². The van der Waals surface area contributed by atoms with E-state index in [0.717, 1.165) is 49.0 Å². The molecule has 1 N–H and O–H groups in total. The molecule has 0 spiro atoms. The standard InChI is InChI=1S/C28H36N4O6S2/c1-2-38-28(35)31-18-13-22-23(19-31)39-26(24(22)27(34)30-14-7-8-15-30)29-25(33)20-9-11-21(12-10-20)40(36,37)32-16-5-3-4-6-17-32/h9-12H,2-8,13-19H2,1H3,(H,29,33). The first kappa shape index (κ1) is 28.6. The Morgan fingerprint density at radius 3 is 2.20 bits per heavy atom. The third-order valence-corrected chi connectivity index (χ3v) is 10.8. The number of carbonyl (C=O) groups is 3. The Balaban J connectivity index is 1.38. The minimum Gasteiger partial charge on any atom is -0.450 e. The van der Waals surface area contributed by atoms with Crippen LogP contribution >= 0.6 is 11.3 Å². The summed E-state index contributed by atoms with van der Waals surface area (Å²) in [6.45, 7) is 5.17. The molecule has 0 saturated carbocycles. The third-order valence-electron chi connectivity index (χ3n) is 7.74. The minimum atomic E-state index is -3.62. The van der Waals surface area contributed by atoms with E-state index in [9.17, 15) is 22.8 Å². The number of amides is 3. The highest BCUT2D eigenvalue weighted by Crippen LogP contribution is 2.39. The highest BCUT2D eigenvalue weighted by atomic mass is 32.2. The van der Waals surface area contributed by atoms with E-state index in [1.807, 2.05) is 4.90 Å². The molecule has 3 amide bonds. The molecule has 0 aliphatic carbocycles. The second-order valence-electron chi connectivity index (χ2n) is 10.4. The van der Waals surface area contributed by atoms with Crippen molar-refractivity contribution in [2.75, 3.05) is 44.6 Å². The molecule has 5 rings (SSSR count). The number of fused-ring (bicyclic) bond motifs is 1. The molecule has 2 saturated heterocycles. The van der Waals surface area contributed by atoms with Gasteiger partial charge in [0.2, 0.25) is 10.0 Å². The molecule has 0 unspecified atom stereocenters. The van der Waals surface area contributed by atoms with Gasteiger partial charge in [0.05, 0.1) is 23.6 Å². The fourth-order valence-electron chi connectivity index (χ4n) is 5.55. The van der Waals surface area contributed by atoms with E-state index in [4.69, 9.17) is 4.74 Å². The minimum absolute atomic E-state index is 0.103. The van der Waals surface area contributed by atoms with Crippen LogP contribution in [0.1, 0.15) is 76.6 Å². The van der Waals surface area contributed by atoms with Crippen LogP contribution in [-0.2, 0) is 27.7 Å². The number of likely N-dealkylation sites (tertiary alicyclic amines) is 1. The maximum atomic E-state index is 13.6. The van der Waals surface area contributed by atoms with Gasteiger partial charge in [-0.3, -0.25) is 9.59 Å². The van der Waals surface area contributed by atoms with E-state index in [2.05, 4.69) is 5.32 Å². The first-order valence-corrected chi connectivity index (χ1v) is 16.3. The van der Waals surface area contributed by atoms with E-state index in [0.29, 0.717) is 61.8 Å². The van der Waals surface area contributed by atoms with E-state index >= 15 is 0 Å². The van der Waals surface area contributed by atoms with Crippen molar-refractivity contribution in [1.29, 1.82) is 0 Å². The van der Waals surface area contributed by atoms with Gasteiger partial charge < -0.3 is 19.9 Å². The van der Waals surface area contributed by atoms with Gasteiger partial charge in [-0.05, 0) is 68.9 Å². The first-order chi connectivity index (χ1) is 19.3. The molecule has 3 aliphatic heterocycles. The van der Waals surface area contributed by atoms with Crippen LogP contribution in [0.2, 0.25) is 0 Å². The van der Waals surface area contributed by atoms with Crippen LogP contribution < -0.4 is 5.32 Å². The Kier molecular flexibility index (Phi) is 8.77. The number of ether oxygens (including phenoxy) is 1. The summed E-state index contributed by atoms with van der Waals surface area (Å²) in [4.78, 5) is 43.7. The molecule has 2 aromatic rings. The fourth-order valence-corrected chi connectivity index (χ4v) is 8.32. The van der Waals surface area contributed by atoms with Gasteiger partial charge >= 0.3 is 6.09 Å². The lowest BCUT2D eigenvalue weighted by Crippen LogP contribution is -2.36. The Bertz CT molecular complexity index is 1360. The number of nitrogens with one attached hydrogen (secondary N) is 1. The first-order valence-electron chi connectivity index (χ1n) is 14.1. The fraction of sp³-hybridized carbons (Fsp3) is 0.536. The molecule has 216 valence electrons. The average Bonchev–Trinajstić information content (AvgIpc) is 3.52. The van der Waals surface area contributed by atoms with Gasteiger partial charge in [-0.25, -0.2) is 13.2 Å². The number of nitrogens with zero attached hydrogens (tertiary/aromatic N) is 3. The van der Waals surface area contributed by atoms with Gasteiger partial charge in [0, 0.05) is 43.2 Å². The summed E-state index contributed by atoms with van der Waals surface area (Å²) >= 11 is 1.31. The topological polar surface area (TPSA) is 116 Å². The molecule has 12 heteroatoms. The zero-order valence-corrected chi connectivity index (χ0v) is 24.4. The highest BCUT2D eigenvalue weighted by molar-refractivity contribution is 7.89. The molecular formula is C28H36N4O6S2. The molecule has 1 aromatic heterocycles. The Morgan fingerprint density at radius 1 is 0.900 bits per heavy atom. The molecule has 3 aliphatic rings. The monoisotopic (exact) mass is 588 g/mol. The summed E-state index contributed by atoms with van der Waals surface area (Å²) < 4.78 is 33.0. The molecule has 0 radical (unpaired) electrons. The van der Waals surface area contributed by atoms with Crippen LogP contribution in [0.3, 0.4) is 0 Å². The summed E-state index contributed by atoms with van der Waals surface area (Å²) in [5.41, 5.74) is 1.67. The molecule has 1 aromatic carbocycles. The van der Waals surface area contributed by atoms with Crippen molar-refractivity contribution in [1.82, 2.24) is 14.1 Å². The van der Waals surface area contributed by atoms with E-state index in [1.54, 1.807) is 11.8 Å². The largest absolute Gasteiger partial charge is 0.450 e. The molecule has 2 fully saturated rings. The number of rotatable bonds is 6. The van der Waals surface area contributed by atoms with Crippen molar-refractivity contribution >= 4 is 44.3 Å². The van der Waals surface area contributed by atoms with Crippen molar-refractivity contribution in [2.45, 2.75) is 63.3 Å². The average molecular weight is 589 g/mol. The lowest BCUT2D eigenvalue weighted by atomic mass is 10.0. The summed E-state index contributed by atoms with van der Waals surface area (Å²) in [5.74, 6) is -0.524. The third kappa shape index (κ3) is 5.89. The van der Waals surface area contributed by atoms with Gasteiger partial charge in [0.1, 0.15) is 5.00 Å². The van der Waals surface area contributed by atoms with Crippen molar-refractivity contribution in [3.8, 4) is 0 Å². The number of carbonyl (C=O) groups excluding carboxylic acids is 3. The number of hydrogen-bond acceptors (Lipinski definition) is 7. The summed E-state index contributed by atoms with van der Waals surface area (Å²) in [7, 11) is -3.62. The van der Waals surface area contributed by atoms with Gasteiger partial charge in [-0.15, -0.1) is 11.3 Å². The number of benzene rings is 1. The Hall–Kier alpha value is -2.96. The molecule has 40 heavy (non-hydrogen) atoms. The van der Waals surface area contributed by atoms with Crippen LogP contribution in [0.15, 0.2) is 29.2 Å². The molecule has 10 nitrogen and oxygen atoms in total. The second kappa shape index (κ2) is 12.3. The summed E-state index contributed by atoms with van der Waals surface area (Å²) in [6, 6.07) is 5.97. The molecular weight excluding hydrogens is 552 g/mol. The lowest BCUT2D eigenvalue weighted by Gasteiger charge is -2.26. The summed E-state index contributed by atoms with van der Waals surface area (Å²) in [6.07, 6.45) is 5.75. The van der Waals surface area contributed by atoms with Crippen molar-refractivity contribution in [3.63, 3.8) is 0 Å². The molecule has 0 bridgehead atoms. The number of thiophene rings is 1. The number of sulfonamides is 1. The van der Waals surface area contributed by atoms with Crippen LogP contribution in [0, 0.1) is 0 Å². The maximum absolute atomic E-state index is 13.6. The zero-order chi connectivity index (χ0) is 28.3. The summed E-state index contributed by atoms with van der Waals surface area (Å²) in [5, 5.41) is 3.38. The van der Waals surface area contributed by atoms with Gasteiger partial charge in [-0.1, -0.05) is 12.8 Å². The number of hydrogen-bond donors (Lipinski definition) is 1.